The number of amides is 1. The van der Waals surface area contributed by atoms with E-state index in [0.717, 1.165) is 5.56 Å². The molecule has 0 aliphatic heterocycles. The van der Waals surface area contributed by atoms with Crippen LogP contribution in [-0.2, 0) is 16.1 Å². The molecule has 0 spiro atoms. The predicted molar refractivity (Wildman–Crippen MR) is 77.0 cm³/mol. The van der Waals surface area contributed by atoms with Gasteiger partial charge in [0, 0.05) is 25.8 Å². The first-order chi connectivity index (χ1) is 9.04. The minimum Gasteiger partial charge on any atom is -0.506 e. The highest BCUT2D eigenvalue weighted by molar-refractivity contribution is 9.10. The Morgan fingerprint density at radius 2 is 2.26 bits per heavy atom. The third kappa shape index (κ3) is 5.59. The normalized spacial score (nSPS) is 10.7. The van der Waals surface area contributed by atoms with E-state index in [4.69, 9.17) is 4.74 Å². The van der Waals surface area contributed by atoms with Crippen LogP contribution in [0, 0.1) is 0 Å². The Bertz CT molecular complexity index is 426. The van der Waals surface area contributed by atoms with Crippen molar-refractivity contribution >= 4 is 21.8 Å². The van der Waals surface area contributed by atoms with E-state index in [1.165, 1.54) is 0 Å². The number of aromatic hydroxyl groups is 1. The van der Waals surface area contributed by atoms with E-state index < -0.39 is 0 Å². The van der Waals surface area contributed by atoms with Gasteiger partial charge in [-0.05, 0) is 29.0 Å². The molecule has 0 saturated heterocycles. The van der Waals surface area contributed by atoms with Gasteiger partial charge in [-0.3, -0.25) is 9.69 Å². The third-order valence-electron chi connectivity index (χ3n) is 2.55. The lowest BCUT2D eigenvalue weighted by molar-refractivity contribution is -0.122. The molecule has 0 heterocycles. The molecule has 0 aliphatic carbocycles. The van der Waals surface area contributed by atoms with Gasteiger partial charge in [0.25, 0.3) is 0 Å². The molecular formula is C13H19BrN2O3. The van der Waals surface area contributed by atoms with Crippen molar-refractivity contribution in [1.29, 1.82) is 0 Å². The number of hydrogen-bond acceptors (Lipinski definition) is 4. The maximum absolute atomic E-state index is 11.6. The second-order valence-electron chi connectivity index (χ2n) is 4.26. The average molecular weight is 331 g/mol. The quantitative estimate of drug-likeness (QED) is 0.741. The maximum atomic E-state index is 11.6. The van der Waals surface area contributed by atoms with Crippen LogP contribution in [0.3, 0.4) is 0 Å². The van der Waals surface area contributed by atoms with Crippen molar-refractivity contribution < 1.29 is 14.6 Å². The van der Waals surface area contributed by atoms with Gasteiger partial charge in [0.15, 0.2) is 0 Å². The van der Waals surface area contributed by atoms with Gasteiger partial charge in [-0.15, -0.1) is 0 Å². The number of rotatable bonds is 7. The highest BCUT2D eigenvalue weighted by atomic mass is 79.9. The van der Waals surface area contributed by atoms with Gasteiger partial charge in [0.05, 0.1) is 17.6 Å². The molecule has 0 bridgehead atoms. The summed E-state index contributed by atoms with van der Waals surface area (Å²) >= 11 is 3.27. The molecule has 0 radical (unpaired) electrons. The minimum atomic E-state index is -0.0611. The van der Waals surface area contributed by atoms with Gasteiger partial charge in [-0.1, -0.05) is 12.1 Å². The van der Waals surface area contributed by atoms with Crippen LogP contribution in [0.4, 0.5) is 0 Å². The van der Waals surface area contributed by atoms with Gasteiger partial charge in [0.1, 0.15) is 5.75 Å². The number of carbonyl (C=O) groups excluding carboxylic acids is 1. The Balaban J connectivity index is 2.44. The summed E-state index contributed by atoms with van der Waals surface area (Å²) in [5.41, 5.74) is 0.779. The molecule has 0 aliphatic rings. The summed E-state index contributed by atoms with van der Waals surface area (Å²) in [5, 5.41) is 12.6. The number of nitrogens with zero attached hydrogens (tertiary/aromatic N) is 1. The van der Waals surface area contributed by atoms with Crippen LogP contribution in [0.2, 0.25) is 0 Å². The summed E-state index contributed by atoms with van der Waals surface area (Å²) in [6.07, 6.45) is 0. The molecule has 1 rings (SSSR count). The summed E-state index contributed by atoms with van der Waals surface area (Å²) in [4.78, 5) is 13.4. The SMILES string of the molecule is COCCNC(=O)CN(C)Cc1cccc(Br)c1O. The van der Waals surface area contributed by atoms with Gasteiger partial charge in [-0.2, -0.15) is 0 Å². The smallest absolute Gasteiger partial charge is 0.234 e. The summed E-state index contributed by atoms with van der Waals surface area (Å²) < 4.78 is 5.51. The molecule has 0 fully saturated rings. The van der Waals surface area contributed by atoms with Crippen LogP contribution in [0.15, 0.2) is 22.7 Å². The number of halogens is 1. The van der Waals surface area contributed by atoms with E-state index in [0.29, 0.717) is 24.2 Å². The molecule has 0 unspecified atom stereocenters. The van der Waals surface area contributed by atoms with Crippen LogP contribution >= 0.6 is 15.9 Å². The highest BCUT2D eigenvalue weighted by Gasteiger charge is 2.10. The van der Waals surface area contributed by atoms with E-state index in [1.807, 2.05) is 24.1 Å². The second-order valence-corrected chi connectivity index (χ2v) is 5.12. The van der Waals surface area contributed by atoms with E-state index in [1.54, 1.807) is 13.2 Å². The molecule has 1 aromatic carbocycles. The van der Waals surface area contributed by atoms with Crippen molar-refractivity contribution in [3.63, 3.8) is 0 Å². The Morgan fingerprint density at radius 1 is 1.53 bits per heavy atom. The molecule has 2 N–H and O–H groups in total. The summed E-state index contributed by atoms with van der Waals surface area (Å²) in [6, 6.07) is 5.46. The Kier molecular flexibility index (Phi) is 6.83. The Hall–Kier alpha value is -1.11. The number of ether oxygens (including phenoxy) is 1. The van der Waals surface area contributed by atoms with Gasteiger partial charge in [0.2, 0.25) is 5.91 Å². The van der Waals surface area contributed by atoms with E-state index in [9.17, 15) is 9.90 Å². The zero-order valence-electron chi connectivity index (χ0n) is 11.1. The first-order valence-electron chi connectivity index (χ1n) is 5.95. The molecule has 1 amide bonds. The first kappa shape index (κ1) is 15.9. The van der Waals surface area contributed by atoms with Crippen molar-refractivity contribution in [1.82, 2.24) is 10.2 Å². The zero-order chi connectivity index (χ0) is 14.3. The lowest BCUT2D eigenvalue weighted by Crippen LogP contribution is -2.36. The van der Waals surface area contributed by atoms with Crippen molar-refractivity contribution in [2.75, 3.05) is 33.9 Å². The highest BCUT2D eigenvalue weighted by Crippen LogP contribution is 2.27. The first-order valence-corrected chi connectivity index (χ1v) is 6.74. The van der Waals surface area contributed by atoms with Crippen LogP contribution < -0.4 is 5.32 Å². The third-order valence-corrected chi connectivity index (χ3v) is 3.19. The maximum Gasteiger partial charge on any atom is 0.234 e. The number of carbonyl (C=O) groups is 1. The fraction of sp³-hybridized carbons (Fsp3) is 0.462. The Labute approximate surface area is 121 Å². The van der Waals surface area contributed by atoms with E-state index in [-0.39, 0.29) is 18.2 Å². The Morgan fingerprint density at radius 3 is 2.95 bits per heavy atom. The summed E-state index contributed by atoms with van der Waals surface area (Å²) in [7, 11) is 3.42. The number of hydrogen-bond donors (Lipinski definition) is 2. The number of para-hydroxylation sites is 1. The van der Waals surface area contributed by atoms with E-state index in [2.05, 4.69) is 21.2 Å². The number of phenols is 1. The second kappa shape index (κ2) is 8.14. The van der Waals surface area contributed by atoms with Crippen LogP contribution in [-0.4, -0.2) is 49.8 Å². The van der Waals surface area contributed by atoms with Crippen molar-refractivity contribution in [3.8, 4) is 5.75 Å². The van der Waals surface area contributed by atoms with Crippen LogP contribution in [0.25, 0.3) is 0 Å². The molecule has 1 aromatic rings. The monoisotopic (exact) mass is 330 g/mol. The molecule has 0 aromatic heterocycles. The molecule has 5 nitrogen and oxygen atoms in total. The standard InChI is InChI=1S/C13H19BrN2O3/c1-16(9-12(17)15-6-7-19-2)8-10-4-3-5-11(14)13(10)18/h3-5,18H,6-9H2,1-2H3,(H,15,17). The summed E-state index contributed by atoms with van der Waals surface area (Å²) in [5.74, 6) is 0.156. The number of benzene rings is 1. The molecule has 6 heteroatoms. The number of likely N-dealkylation sites (N-methyl/N-ethyl adjacent to an activating group) is 1. The fourth-order valence-electron chi connectivity index (χ4n) is 1.63. The lowest BCUT2D eigenvalue weighted by Gasteiger charge is -2.17. The predicted octanol–water partition coefficient (Wildman–Crippen LogP) is 1.35. The molecule has 0 atom stereocenters. The zero-order valence-corrected chi connectivity index (χ0v) is 12.7. The van der Waals surface area contributed by atoms with Gasteiger partial charge in [-0.25, -0.2) is 0 Å². The fourth-order valence-corrected chi connectivity index (χ4v) is 2.04. The number of methoxy groups -OCH3 is 1. The van der Waals surface area contributed by atoms with Crippen molar-refractivity contribution in [2.45, 2.75) is 6.54 Å². The van der Waals surface area contributed by atoms with Crippen LogP contribution in [0.5, 0.6) is 5.75 Å². The molecular weight excluding hydrogens is 312 g/mol. The van der Waals surface area contributed by atoms with Gasteiger partial charge < -0.3 is 15.2 Å². The van der Waals surface area contributed by atoms with E-state index >= 15 is 0 Å². The average Bonchev–Trinajstić information content (AvgIpc) is 2.35. The summed E-state index contributed by atoms with van der Waals surface area (Å²) in [6.45, 7) is 1.78. The van der Waals surface area contributed by atoms with Gasteiger partial charge >= 0.3 is 0 Å². The molecule has 0 saturated carbocycles. The number of nitrogens with one attached hydrogen (secondary N) is 1. The van der Waals surface area contributed by atoms with Crippen molar-refractivity contribution in [3.05, 3.63) is 28.2 Å². The minimum absolute atomic E-state index is 0.0611. The largest absolute Gasteiger partial charge is 0.506 e. The van der Waals surface area contributed by atoms with Crippen LogP contribution in [0.1, 0.15) is 5.56 Å². The number of phenolic OH excluding ortho intramolecular Hbond substituents is 1. The van der Waals surface area contributed by atoms with Crippen molar-refractivity contribution in [2.24, 2.45) is 0 Å². The lowest BCUT2D eigenvalue weighted by atomic mass is 10.2. The molecule has 19 heavy (non-hydrogen) atoms. The molecule has 106 valence electrons. The topological polar surface area (TPSA) is 61.8 Å².